The minimum Gasteiger partial charge on any atom is -0.492 e. The summed E-state index contributed by atoms with van der Waals surface area (Å²) < 4.78 is 5.67. The first-order valence-corrected chi connectivity index (χ1v) is 8.19. The Bertz CT molecular complexity index is 969. The lowest BCUT2D eigenvalue weighted by atomic mass is 10.1. The highest BCUT2D eigenvalue weighted by molar-refractivity contribution is 5.94. The van der Waals surface area contributed by atoms with E-state index in [4.69, 9.17) is 4.74 Å². The summed E-state index contributed by atoms with van der Waals surface area (Å²) in [5, 5.41) is 15.8. The van der Waals surface area contributed by atoms with Crippen molar-refractivity contribution in [1.82, 2.24) is 5.32 Å². The van der Waals surface area contributed by atoms with E-state index in [0.29, 0.717) is 24.3 Å². The molecule has 6 heteroatoms. The molecule has 3 rings (SSSR count). The van der Waals surface area contributed by atoms with Crippen molar-refractivity contribution in [2.24, 2.45) is 0 Å². The van der Waals surface area contributed by atoms with Gasteiger partial charge in [0.15, 0.2) is 0 Å². The number of aryl methyl sites for hydroxylation is 1. The molecule has 3 aromatic carbocycles. The number of carbonyl (C=O) groups is 1. The van der Waals surface area contributed by atoms with Gasteiger partial charge in [0.2, 0.25) is 0 Å². The number of nitrogens with one attached hydrogen (secondary N) is 1. The fraction of sp³-hybridized carbons (Fsp3) is 0.150. The molecule has 1 N–H and O–H groups in total. The first-order valence-electron chi connectivity index (χ1n) is 8.19. The minimum atomic E-state index is -0.464. The van der Waals surface area contributed by atoms with Gasteiger partial charge in [0.1, 0.15) is 12.4 Å². The molecular weight excluding hydrogens is 332 g/mol. The predicted octanol–water partition coefficient (Wildman–Crippen LogP) is 3.87. The Labute approximate surface area is 150 Å². The van der Waals surface area contributed by atoms with Crippen molar-refractivity contribution in [2.45, 2.75) is 6.92 Å². The average molecular weight is 350 g/mol. The number of fused-ring (bicyclic) bond motifs is 1. The van der Waals surface area contributed by atoms with E-state index in [-0.39, 0.29) is 11.6 Å². The molecule has 0 heterocycles. The van der Waals surface area contributed by atoms with Crippen LogP contribution in [0.4, 0.5) is 5.69 Å². The maximum Gasteiger partial charge on any atom is 0.272 e. The third-order valence-corrected chi connectivity index (χ3v) is 4.03. The van der Waals surface area contributed by atoms with E-state index in [2.05, 4.69) is 5.32 Å². The first kappa shape index (κ1) is 17.4. The average Bonchev–Trinajstić information content (AvgIpc) is 2.64. The molecule has 0 spiro atoms. The van der Waals surface area contributed by atoms with Gasteiger partial charge in [0.25, 0.3) is 11.6 Å². The molecule has 132 valence electrons. The third kappa shape index (κ3) is 3.97. The van der Waals surface area contributed by atoms with Crippen molar-refractivity contribution in [1.29, 1.82) is 0 Å². The van der Waals surface area contributed by atoms with Crippen LogP contribution >= 0.6 is 0 Å². The minimum absolute atomic E-state index is 0.00110. The molecule has 0 bridgehead atoms. The summed E-state index contributed by atoms with van der Waals surface area (Å²) in [5.41, 5.74) is 0.843. The summed E-state index contributed by atoms with van der Waals surface area (Å²) in [6.45, 7) is 2.27. The van der Waals surface area contributed by atoms with Gasteiger partial charge in [-0.3, -0.25) is 14.9 Å². The van der Waals surface area contributed by atoms with Crippen molar-refractivity contribution < 1.29 is 14.5 Å². The van der Waals surface area contributed by atoms with Crippen molar-refractivity contribution in [3.8, 4) is 5.75 Å². The summed E-state index contributed by atoms with van der Waals surface area (Å²) in [4.78, 5) is 22.5. The van der Waals surface area contributed by atoms with Crippen molar-refractivity contribution in [3.05, 3.63) is 81.9 Å². The predicted molar refractivity (Wildman–Crippen MR) is 99.6 cm³/mol. The zero-order valence-corrected chi connectivity index (χ0v) is 14.3. The van der Waals surface area contributed by atoms with E-state index in [1.807, 2.05) is 42.5 Å². The van der Waals surface area contributed by atoms with E-state index in [0.717, 1.165) is 16.5 Å². The lowest BCUT2D eigenvalue weighted by Gasteiger charge is -2.09. The van der Waals surface area contributed by atoms with Crippen LogP contribution in [0.2, 0.25) is 0 Å². The Hall–Kier alpha value is -3.41. The number of hydrogen-bond acceptors (Lipinski definition) is 4. The van der Waals surface area contributed by atoms with Crippen LogP contribution in [0, 0.1) is 17.0 Å². The van der Waals surface area contributed by atoms with Gasteiger partial charge in [-0.15, -0.1) is 0 Å². The molecule has 0 radical (unpaired) electrons. The molecule has 0 saturated heterocycles. The lowest BCUT2D eigenvalue weighted by Crippen LogP contribution is -2.28. The SMILES string of the molecule is Cc1cc(C(=O)NCCOc2ccc3ccccc3c2)ccc1[N+](=O)[O-]. The Morgan fingerprint density at radius 3 is 2.58 bits per heavy atom. The molecule has 0 unspecified atom stereocenters. The van der Waals surface area contributed by atoms with Gasteiger partial charge in [-0.25, -0.2) is 0 Å². The number of ether oxygens (including phenoxy) is 1. The van der Waals surface area contributed by atoms with Crippen molar-refractivity contribution in [3.63, 3.8) is 0 Å². The van der Waals surface area contributed by atoms with Gasteiger partial charge in [-0.1, -0.05) is 30.3 Å². The molecule has 26 heavy (non-hydrogen) atoms. The van der Waals surface area contributed by atoms with Crippen LogP contribution in [0.25, 0.3) is 10.8 Å². The molecule has 0 aliphatic heterocycles. The zero-order chi connectivity index (χ0) is 18.5. The fourth-order valence-corrected chi connectivity index (χ4v) is 2.69. The number of benzene rings is 3. The summed E-state index contributed by atoms with van der Waals surface area (Å²) in [5.74, 6) is 0.453. The van der Waals surface area contributed by atoms with E-state index >= 15 is 0 Å². The van der Waals surface area contributed by atoms with E-state index < -0.39 is 4.92 Å². The Morgan fingerprint density at radius 1 is 1.08 bits per heavy atom. The van der Waals surface area contributed by atoms with Crippen LogP contribution in [-0.4, -0.2) is 24.0 Å². The quantitative estimate of drug-likeness (QED) is 0.416. The summed E-state index contributed by atoms with van der Waals surface area (Å²) in [7, 11) is 0. The van der Waals surface area contributed by atoms with Crippen molar-refractivity contribution in [2.75, 3.05) is 13.2 Å². The highest BCUT2D eigenvalue weighted by Gasteiger charge is 2.13. The summed E-state index contributed by atoms with van der Waals surface area (Å²) in [6, 6.07) is 18.1. The van der Waals surface area contributed by atoms with Gasteiger partial charge in [-0.2, -0.15) is 0 Å². The van der Waals surface area contributed by atoms with Crippen LogP contribution in [-0.2, 0) is 0 Å². The fourth-order valence-electron chi connectivity index (χ4n) is 2.69. The molecule has 1 amide bonds. The summed E-state index contributed by atoms with van der Waals surface area (Å²) >= 11 is 0. The van der Waals surface area contributed by atoms with Gasteiger partial charge >= 0.3 is 0 Å². The van der Waals surface area contributed by atoms with E-state index in [1.54, 1.807) is 6.92 Å². The van der Waals surface area contributed by atoms with E-state index in [1.165, 1.54) is 18.2 Å². The Kier molecular flexibility index (Phi) is 5.12. The number of amides is 1. The van der Waals surface area contributed by atoms with E-state index in [9.17, 15) is 14.9 Å². The molecule has 0 fully saturated rings. The number of rotatable bonds is 6. The molecule has 0 aliphatic carbocycles. The number of nitro benzene ring substituents is 1. The second kappa shape index (κ2) is 7.65. The maximum atomic E-state index is 12.1. The maximum absolute atomic E-state index is 12.1. The Balaban J connectivity index is 1.53. The molecular formula is C20H18N2O4. The number of carbonyl (C=O) groups excluding carboxylic acids is 1. The topological polar surface area (TPSA) is 81.5 Å². The second-order valence-corrected chi connectivity index (χ2v) is 5.87. The van der Waals surface area contributed by atoms with Crippen LogP contribution in [0.1, 0.15) is 15.9 Å². The van der Waals surface area contributed by atoms with Gasteiger partial charge in [0.05, 0.1) is 11.5 Å². The standard InChI is InChI=1S/C20H18N2O4/c1-14-12-17(7-9-19(14)22(24)25)20(23)21-10-11-26-18-8-6-15-4-2-3-5-16(15)13-18/h2-9,12-13H,10-11H2,1H3,(H,21,23). The molecule has 0 aliphatic rings. The first-order chi connectivity index (χ1) is 12.5. The van der Waals surface area contributed by atoms with Gasteiger partial charge < -0.3 is 10.1 Å². The van der Waals surface area contributed by atoms with Crippen LogP contribution < -0.4 is 10.1 Å². The largest absolute Gasteiger partial charge is 0.492 e. The smallest absolute Gasteiger partial charge is 0.272 e. The molecule has 0 aromatic heterocycles. The molecule has 6 nitrogen and oxygen atoms in total. The lowest BCUT2D eigenvalue weighted by molar-refractivity contribution is -0.385. The van der Waals surface area contributed by atoms with Crippen LogP contribution in [0.3, 0.4) is 0 Å². The number of hydrogen-bond donors (Lipinski definition) is 1. The Morgan fingerprint density at radius 2 is 1.85 bits per heavy atom. The van der Waals surface area contributed by atoms with Crippen LogP contribution in [0.15, 0.2) is 60.7 Å². The molecule has 3 aromatic rings. The molecule has 0 atom stereocenters. The monoisotopic (exact) mass is 350 g/mol. The number of nitrogens with zero attached hydrogens (tertiary/aromatic N) is 1. The second-order valence-electron chi connectivity index (χ2n) is 5.87. The van der Waals surface area contributed by atoms with Crippen molar-refractivity contribution >= 4 is 22.4 Å². The number of nitro groups is 1. The van der Waals surface area contributed by atoms with Gasteiger partial charge in [-0.05, 0) is 42.0 Å². The van der Waals surface area contributed by atoms with Gasteiger partial charge in [0, 0.05) is 17.2 Å². The zero-order valence-electron chi connectivity index (χ0n) is 14.3. The summed E-state index contributed by atoms with van der Waals surface area (Å²) in [6.07, 6.45) is 0. The third-order valence-electron chi connectivity index (χ3n) is 4.03. The highest BCUT2D eigenvalue weighted by Crippen LogP contribution is 2.20. The normalized spacial score (nSPS) is 10.5. The molecule has 0 saturated carbocycles. The highest BCUT2D eigenvalue weighted by atomic mass is 16.6. The van der Waals surface area contributed by atoms with Crippen LogP contribution in [0.5, 0.6) is 5.75 Å².